The number of aromatic nitrogens is 10. The molecule has 0 saturated carbocycles. The van der Waals surface area contributed by atoms with Crippen LogP contribution >= 0.6 is 0 Å². The van der Waals surface area contributed by atoms with Gasteiger partial charge in [-0.15, -0.1) is 10.2 Å². The van der Waals surface area contributed by atoms with Crippen molar-refractivity contribution in [1.82, 2.24) is 49.6 Å². The summed E-state index contributed by atoms with van der Waals surface area (Å²) in [7, 11) is 0. The van der Waals surface area contributed by atoms with Crippen molar-refractivity contribution in [3.05, 3.63) is 36.2 Å². The second-order valence-electron chi connectivity index (χ2n) is 5.52. The average molecular weight is 380 g/mol. The van der Waals surface area contributed by atoms with Gasteiger partial charge in [-0.1, -0.05) is 5.16 Å². The van der Waals surface area contributed by atoms with E-state index >= 15 is 0 Å². The number of imidazole rings is 1. The van der Waals surface area contributed by atoms with Crippen molar-refractivity contribution in [2.75, 3.05) is 0 Å². The molecule has 11 nitrogen and oxygen atoms in total. The fourth-order valence-corrected chi connectivity index (χ4v) is 2.27. The molecule has 0 aromatic carbocycles. The standard InChI is InChI=1S/C13H11F3N10O/c1-6(25-4-3-17-5-25)8-19-10(27-24-8)9-18-7(2)26(23-9)12-20-11(21-22-12)13(14,15)16/h3-6H,1-2H3,(H,20,21,22). The van der Waals surface area contributed by atoms with Gasteiger partial charge in [0.2, 0.25) is 11.6 Å². The summed E-state index contributed by atoms with van der Waals surface area (Å²) in [6.45, 7) is 3.38. The van der Waals surface area contributed by atoms with Gasteiger partial charge in [0.05, 0.1) is 12.4 Å². The van der Waals surface area contributed by atoms with Crippen molar-refractivity contribution >= 4 is 0 Å². The Bertz CT molecular complexity index is 1060. The van der Waals surface area contributed by atoms with Crippen molar-refractivity contribution < 1.29 is 17.7 Å². The quantitative estimate of drug-likeness (QED) is 0.565. The van der Waals surface area contributed by atoms with E-state index in [1.165, 1.54) is 6.92 Å². The van der Waals surface area contributed by atoms with Gasteiger partial charge in [0.25, 0.3) is 11.8 Å². The number of H-pyrrole nitrogens is 1. The minimum Gasteiger partial charge on any atom is -0.330 e. The van der Waals surface area contributed by atoms with Gasteiger partial charge in [-0.05, 0) is 13.8 Å². The fourth-order valence-electron chi connectivity index (χ4n) is 2.27. The molecule has 4 aromatic rings. The van der Waals surface area contributed by atoms with Crippen molar-refractivity contribution in [1.29, 1.82) is 0 Å². The van der Waals surface area contributed by atoms with E-state index in [-0.39, 0.29) is 29.5 Å². The molecule has 140 valence electrons. The highest BCUT2D eigenvalue weighted by Gasteiger charge is 2.35. The van der Waals surface area contributed by atoms with Gasteiger partial charge in [0, 0.05) is 12.4 Å². The molecule has 4 rings (SSSR count). The molecule has 4 aromatic heterocycles. The molecule has 1 unspecified atom stereocenters. The minimum atomic E-state index is -4.65. The lowest BCUT2D eigenvalue weighted by Gasteiger charge is -2.06. The Labute approximate surface area is 148 Å². The van der Waals surface area contributed by atoms with E-state index in [2.05, 4.69) is 35.3 Å². The Morgan fingerprint density at radius 2 is 2.04 bits per heavy atom. The maximum atomic E-state index is 12.7. The molecule has 0 amide bonds. The zero-order valence-corrected chi connectivity index (χ0v) is 13.9. The summed E-state index contributed by atoms with van der Waals surface area (Å²) >= 11 is 0. The van der Waals surface area contributed by atoms with E-state index < -0.39 is 12.0 Å². The first-order chi connectivity index (χ1) is 12.8. The Morgan fingerprint density at radius 3 is 2.70 bits per heavy atom. The highest BCUT2D eigenvalue weighted by molar-refractivity contribution is 5.40. The van der Waals surface area contributed by atoms with E-state index in [1.807, 2.05) is 12.0 Å². The summed E-state index contributed by atoms with van der Waals surface area (Å²) < 4.78 is 46.0. The van der Waals surface area contributed by atoms with Crippen LogP contribution in [0.2, 0.25) is 0 Å². The van der Waals surface area contributed by atoms with Gasteiger partial charge in [0.1, 0.15) is 5.82 Å². The Balaban J connectivity index is 1.63. The summed E-state index contributed by atoms with van der Waals surface area (Å²) in [5.41, 5.74) is 0. The summed E-state index contributed by atoms with van der Waals surface area (Å²) in [5, 5.41) is 13.3. The molecular weight excluding hydrogens is 369 g/mol. The normalized spacial score (nSPS) is 13.2. The molecule has 4 heterocycles. The largest absolute Gasteiger partial charge is 0.451 e. The number of aromatic amines is 1. The number of alkyl halides is 3. The molecule has 0 radical (unpaired) electrons. The van der Waals surface area contributed by atoms with Gasteiger partial charge in [-0.3, -0.25) is 5.10 Å². The van der Waals surface area contributed by atoms with Crippen LogP contribution in [0, 0.1) is 6.92 Å². The highest BCUT2D eigenvalue weighted by atomic mass is 19.4. The molecule has 14 heteroatoms. The van der Waals surface area contributed by atoms with E-state index in [9.17, 15) is 13.2 Å². The number of hydrogen-bond donors (Lipinski definition) is 1. The van der Waals surface area contributed by atoms with Crippen molar-refractivity contribution in [2.45, 2.75) is 26.1 Å². The number of nitrogens with zero attached hydrogens (tertiary/aromatic N) is 9. The first-order valence-electron chi connectivity index (χ1n) is 7.58. The van der Waals surface area contributed by atoms with E-state index in [4.69, 9.17) is 4.52 Å². The van der Waals surface area contributed by atoms with E-state index in [0.29, 0.717) is 5.82 Å². The predicted octanol–water partition coefficient (Wildman–Crippen LogP) is 1.57. The van der Waals surface area contributed by atoms with Crippen LogP contribution in [0.15, 0.2) is 23.2 Å². The molecule has 0 saturated heterocycles. The third kappa shape index (κ3) is 3.04. The van der Waals surface area contributed by atoms with Crippen LogP contribution < -0.4 is 0 Å². The number of hydrogen-bond acceptors (Lipinski definition) is 8. The van der Waals surface area contributed by atoms with Crippen LogP contribution in [0.4, 0.5) is 13.2 Å². The molecule has 0 aliphatic heterocycles. The zero-order chi connectivity index (χ0) is 19.2. The zero-order valence-electron chi connectivity index (χ0n) is 13.9. The van der Waals surface area contributed by atoms with Crippen LogP contribution in [0.5, 0.6) is 0 Å². The number of rotatable bonds is 4. The Kier molecular flexibility index (Phi) is 3.75. The third-order valence-corrected chi connectivity index (χ3v) is 3.68. The molecule has 1 atom stereocenters. The van der Waals surface area contributed by atoms with Crippen molar-refractivity contribution in [3.8, 4) is 17.7 Å². The highest BCUT2D eigenvalue weighted by Crippen LogP contribution is 2.26. The Morgan fingerprint density at radius 1 is 1.22 bits per heavy atom. The molecule has 27 heavy (non-hydrogen) atoms. The second-order valence-corrected chi connectivity index (χ2v) is 5.52. The lowest BCUT2D eigenvalue weighted by atomic mass is 10.3. The van der Waals surface area contributed by atoms with Gasteiger partial charge in [-0.2, -0.15) is 27.8 Å². The van der Waals surface area contributed by atoms with E-state index in [0.717, 1.165) is 4.68 Å². The molecule has 0 fully saturated rings. The summed E-state index contributed by atoms with van der Waals surface area (Å²) in [4.78, 5) is 15.7. The first kappa shape index (κ1) is 16.9. The van der Waals surface area contributed by atoms with Crippen LogP contribution in [-0.4, -0.2) is 49.6 Å². The van der Waals surface area contributed by atoms with Crippen LogP contribution in [-0.2, 0) is 6.18 Å². The number of aryl methyl sites for hydroxylation is 1. The molecule has 1 N–H and O–H groups in total. The summed E-state index contributed by atoms with van der Waals surface area (Å²) in [6.07, 6.45) is 0.335. The van der Waals surface area contributed by atoms with Crippen LogP contribution in [0.3, 0.4) is 0 Å². The van der Waals surface area contributed by atoms with E-state index in [1.54, 1.807) is 23.3 Å². The molecular formula is C13H11F3N10O. The molecule has 0 aliphatic rings. The lowest BCUT2D eigenvalue weighted by molar-refractivity contribution is -0.144. The summed E-state index contributed by atoms with van der Waals surface area (Å²) in [5.74, 6) is -0.851. The first-order valence-corrected chi connectivity index (χ1v) is 7.58. The number of nitrogens with one attached hydrogen (secondary N) is 1. The van der Waals surface area contributed by atoms with Crippen LogP contribution in [0.25, 0.3) is 17.7 Å². The van der Waals surface area contributed by atoms with Crippen molar-refractivity contribution in [2.24, 2.45) is 0 Å². The van der Waals surface area contributed by atoms with Gasteiger partial charge in [0.15, 0.2) is 5.82 Å². The average Bonchev–Trinajstić information content (AvgIpc) is 3.37. The van der Waals surface area contributed by atoms with Gasteiger partial charge < -0.3 is 9.09 Å². The fraction of sp³-hybridized carbons (Fsp3) is 0.308. The van der Waals surface area contributed by atoms with Crippen LogP contribution in [0.1, 0.15) is 30.4 Å². The summed E-state index contributed by atoms with van der Waals surface area (Å²) in [6, 6.07) is -0.240. The number of halogens is 3. The third-order valence-electron chi connectivity index (χ3n) is 3.68. The molecule has 0 spiro atoms. The maximum Gasteiger partial charge on any atom is 0.451 e. The SMILES string of the molecule is Cc1nc(-c2nc(C(C)n3ccnc3)no2)nn1-c1n[nH]c(C(F)(F)F)n1. The topological polar surface area (TPSA) is 129 Å². The molecule has 0 aliphatic carbocycles. The smallest absolute Gasteiger partial charge is 0.330 e. The lowest BCUT2D eigenvalue weighted by Crippen LogP contribution is -2.08. The maximum absolute atomic E-state index is 12.7. The van der Waals surface area contributed by atoms with Gasteiger partial charge in [-0.25, -0.2) is 9.97 Å². The predicted molar refractivity (Wildman–Crippen MR) is 80.4 cm³/mol. The van der Waals surface area contributed by atoms with Gasteiger partial charge >= 0.3 is 6.18 Å². The molecule has 0 bridgehead atoms. The van der Waals surface area contributed by atoms with Crippen molar-refractivity contribution in [3.63, 3.8) is 0 Å². The minimum absolute atomic E-state index is 0.0189. The Hall–Kier alpha value is -3.58. The second kappa shape index (κ2) is 6.00. The monoisotopic (exact) mass is 380 g/mol.